The number of para-hydroxylation sites is 1. The lowest BCUT2D eigenvalue weighted by Gasteiger charge is -2.41. The second-order valence-corrected chi connectivity index (χ2v) is 8.97. The number of H-pyrrole nitrogens is 1. The maximum atomic E-state index is 13.6. The highest BCUT2D eigenvalue weighted by molar-refractivity contribution is 6.00. The molecule has 9 nitrogen and oxygen atoms in total. The molecule has 3 atom stereocenters. The number of fused-ring (bicyclic) bond motifs is 4. The number of benzene rings is 1. The van der Waals surface area contributed by atoms with Crippen LogP contribution in [-0.2, 0) is 16.1 Å². The zero-order chi connectivity index (χ0) is 22.6. The van der Waals surface area contributed by atoms with Gasteiger partial charge in [-0.15, -0.1) is 0 Å². The maximum absolute atomic E-state index is 13.6. The third kappa shape index (κ3) is 5.04. The molecule has 4 heterocycles. The number of nitrogens with zero attached hydrogens (tertiary/aromatic N) is 3. The minimum Gasteiger partial charge on any atom is -0.493 e. The van der Waals surface area contributed by atoms with Crippen LogP contribution in [0, 0.1) is 0 Å². The van der Waals surface area contributed by atoms with Crippen LogP contribution in [0.5, 0.6) is 5.75 Å². The number of carbonyl (C=O) groups is 2. The van der Waals surface area contributed by atoms with Gasteiger partial charge in [-0.1, -0.05) is 12.1 Å². The predicted octanol–water partition coefficient (Wildman–Crippen LogP) is 1.57. The van der Waals surface area contributed by atoms with Crippen molar-refractivity contribution in [2.45, 2.75) is 50.5 Å². The molecule has 0 aliphatic carbocycles. The van der Waals surface area contributed by atoms with Gasteiger partial charge in [-0.2, -0.15) is 0 Å². The minimum absolute atomic E-state index is 0.00473. The minimum atomic E-state index is -0.600. The molecule has 3 aliphatic rings. The molecule has 5 rings (SSSR count). The topological polar surface area (TPSA) is 99.8 Å². The largest absolute Gasteiger partial charge is 0.493 e. The second-order valence-electron chi connectivity index (χ2n) is 8.97. The Morgan fingerprint density at radius 1 is 1.09 bits per heavy atom. The first kappa shape index (κ1) is 21.9. The van der Waals surface area contributed by atoms with Gasteiger partial charge >= 0.3 is 0 Å². The van der Waals surface area contributed by atoms with E-state index in [2.05, 4.69) is 20.2 Å². The summed E-state index contributed by atoms with van der Waals surface area (Å²) in [5, 5.41) is 3.08. The normalized spacial score (nSPS) is 27.0. The zero-order valence-corrected chi connectivity index (χ0v) is 18.7. The van der Waals surface area contributed by atoms with Crippen LogP contribution in [0.3, 0.4) is 0 Å². The molecular formula is C24H31N5O4. The molecule has 0 radical (unpaired) electrons. The standard InChI is InChI=1S/C24H31N5O4/c30-23-20-15-28(16-22-25-9-10-26-22)11-12-29(20)24(31)19-6-1-2-7-21(19)32-13-8-17-4-3-5-18(33-17)14-27-23/h1-2,6-7,9-10,17-18,20H,3-5,8,11-16H2,(H,25,26)(H,27,30)/t17-,18-,20-/m0/s1. The summed E-state index contributed by atoms with van der Waals surface area (Å²) in [5.74, 6) is 1.09. The van der Waals surface area contributed by atoms with Crippen LogP contribution in [0.1, 0.15) is 41.9 Å². The number of aromatic nitrogens is 2. The van der Waals surface area contributed by atoms with Crippen molar-refractivity contribution in [3.05, 3.63) is 48.0 Å². The van der Waals surface area contributed by atoms with Crippen molar-refractivity contribution in [1.82, 2.24) is 25.1 Å². The lowest BCUT2D eigenvalue weighted by atomic mass is 10.0. The van der Waals surface area contributed by atoms with Gasteiger partial charge in [0.2, 0.25) is 5.91 Å². The number of carbonyl (C=O) groups excluding carboxylic acids is 2. The van der Waals surface area contributed by atoms with Crippen LogP contribution in [0.2, 0.25) is 0 Å². The van der Waals surface area contributed by atoms with Crippen molar-refractivity contribution in [3.63, 3.8) is 0 Å². The second kappa shape index (κ2) is 9.93. The summed E-state index contributed by atoms with van der Waals surface area (Å²) in [6.07, 6.45) is 7.38. The smallest absolute Gasteiger partial charge is 0.258 e. The van der Waals surface area contributed by atoms with Gasteiger partial charge in [0.15, 0.2) is 0 Å². The Labute approximate surface area is 193 Å². The molecule has 0 spiro atoms. The lowest BCUT2D eigenvalue weighted by molar-refractivity contribution is -0.129. The molecule has 0 unspecified atom stereocenters. The molecule has 176 valence electrons. The van der Waals surface area contributed by atoms with E-state index in [0.29, 0.717) is 50.6 Å². The Morgan fingerprint density at radius 2 is 1.97 bits per heavy atom. The Hall–Kier alpha value is -2.91. The Morgan fingerprint density at radius 3 is 2.85 bits per heavy atom. The molecule has 2 amide bonds. The molecule has 0 saturated carbocycles. The number of ether oxygens (including phenoxy) is 2. The number of rotatable bonds is 2. The predicted molar refractivity (Wildman–Crippen MR) is 121 cm³/mol. The number of aromatic amines is 1. The van der Waals surface area contributed by atoms with Crippen molar-refractivity contribution < 1.29 is 19.1 Å². The van der Waals surface area contributed by atoms with E-state index in [-0.39, 0.29) is 24.0 Å². The number of hydrogen-bond donors (Lipinski definition) is 2. The highest BCUT2D eigenvalue weighted by Crippen LogP contribution is 2.26. The van der Waals surface area contributed by atoms with Crippen molar-refractivity contribution in [3.8, 4) is 5.75 Å². The van der Waals surface area contributed by atoms with E-state index in [4.69, 9.17) is 9.47 Å². The van der Waals surface area contributed by atoms with E-state index < -0.39 is 6.04 Å². The fourth-order valence-electron chi connectivity index (χ4n) is 4.95. The van der Waals surface area contributed by atoms with Crippen LogP contribution in [-0.4, -0.2) is 82.6 Å². The molecule has 1 aromatic carbocycles. The summed E-state index contributed by atoms with van der Waals surface area (Å²) in [6.45, 7) is 3.11. The maximum Gasteiger partial charge on any atom is 0.258 e. The van der Waals surface area contributed by atoms with Gasteiger partial charge in [0.25, 0.3) is 5.91 Å². The lowest BCUT2D eigenvalue weighted by Crippen LogP contribution is -2.61. The SMILES string of the molecule is O=C1NC[C@@H]2CCC[C@@H](CCOc3ccccc3C(=O)N3CCN(Cc4ncc[nH]4)C[C@@H]13)O2. The van der Waals surface area contributed by atoms with Gasteiger partial charge in [-0.3, -0.25) is 14.5 Å². The molecule has 2 fully saturated rings. The Bertz CT molecular complexity index is 966. The van der Waals surface area contributed by atoms with E-state index in [1.54, 1.807) is 23.4 Å². The van der Waals surface area contributed by atoms with Crippen molar-refractivity contribution >= 4 is 11.8 Å². The fraction of sp³-hybridized carbons (Fsp3) is 0.542. The van der Waals surface area contributed by atoms with Crippen molar-refractivity contribution in [2.24, 2.45) is 0 Å². The highest BCUT2D eigenvalue weighted by Gasteiger charge is 2.37. The Balaban J connectivity index is 1.41. The monoisotopic (exact) mass is 453 g/mol. The first-order chi connectivity index (χ1) is 16.2. The van der Waals surface area contributed by atoms with Crippen LogP contribution in [0.4, 0.5) is 0 Å². The number of nitrogens with one attached hydrogen (secondary N) is 2. The third-order valence-electron chi connectivity index (χ3n) is 6.71. The summed E-state index contributed by atoms with van der Waals surface area (Å²) < 4.78 is 12.3. The third-order valence-corrected chi connectivity index (χ3v) is 6.71. The molecule has 3 aliphatic heterocycles. The van der Waals surface area contributed by atoms with Gasteiger partial charge in [0.1, 0.15) is 17.6 Å². The molecule has 2 aromatic rings. The fourth-order valence-corrected chi connectivity index (χ4v) is 4.95. The first-order valence-corrected chi connectivity index (χ1v) is 11.8. The summed E-state index contributed by atoms with van der Waals surface area (Å²) >= 11 is 0. The number of amides is 2. The van der Waals surface area contributed by atoms with Gasteiger partial charge in [-0.25, -0.2) is 4.98 Å². The molecular weight excluding hydrogens is 422 g/mol. The van der Waals surface area contributed by atoms with Crippen molar-refractivity contribution in [2.75, 3.05) is 32.8 Å². The molecule has 2 N–H and O–H groups in total. The van der Waals surface area contributed by atoms with Crippen molar-refractivity contribution in [1.29, 1.82) is 0 Å². The van der Waals surface area contributed by atoms with E-state index in [1.807, 2.05) is 18.2 Å². The molecule has 1 aromatic heterocycles. The van der Waals surface area contributed by atoms with Crippen LogP contribution in [0.25, 0.3) is 0 Å². The first-order valence-electron chi connectivity index (χ1n) is 11.8. The van der Waals surface area contributed by atoms with Gasteiger partial charge in [-0.05, 0) is 31.4 Å². The number of piperazine rings is 1. The van der Waals surface area contributed by atoms with E-state index in [1.165, 1.54) is 0 Å². The van der Waals surface area contributed by atoms with Gasteiger partial charge in [0.05, 0.1) is 30.9 Å². The van der Waals surface area contributed by atoms with E-state index in [9.17, 15) is 9.59 Å². The summed E-state index contributed by atoms with van der Waals surface area (Å²) in [7, 11) is 0. The summed E-state index contributed by atoms with van der Waals surface area (Å²) in [5.41, 5.74) is 0.495. The van der Waals surface area contributed by atoms with Crippen LogP contribution >= 0.6 is 0 Å². The summed E-state index contributed by atoms with van der Waals surface area (Å²) in [6, 6.07) is 6.71. The quantitative estimate of drug-likeness (QED) is 0.716. The summed E-state index contributed by atoms with van der Waals surface area (Å²) in [4.78, 5) is 38.2. The van der Waals surface area contributed by atoms with Gasteiger partial charge in [0, 0.05) is 45.0 Å². The number of hydrogen-bond acceptors (Lipinski definition) is 6. The molecule has 33 heavy (non-hydrogen) atoms. The van der Waals surface area contributed by atoms with Gasteiger partial charge < -0.3 is 24.7 Å². The van der Waals surface area contributed by atoms with E-state index in [0.717, 1.165) is 31.5 Å². The van der Waals surface area contributed by atoms with E-state index >= 15 is 0 Å². The van der Waals surface area contributed by atoms with Crippen LogP contribution in [0.15, 0.2) is 36.7 Å². The van der Waals surface area contributed by atoms with Crippen LogP contribution < -0.4 is 10.1 Å². The highest BCUT2D eigenvalue weighted by atomic mass is 16.5. The average molecular weight is 454 g/mol. The molecule has 2 saturated heterocycles. The Kier molecular flexibility index (Phi) is 6.59. The number of imidazole rings is 1. The zero-order valence-electron chi connectivity index (χ0n) is 18.7. The molecule has 9 heteroatoms. The molecule has 2 bridgehead atoms. The average Bonchev–Trinajstić information content (AvgIpc) is 3.35.